The smallest absolute Gasteiger partial charge is 0.338 e. The maximum Gasteiger partial charge on any atom is 0.338 e. The van der Waals surface area contributed by atoms with E-state index in [-0.39, 0.29) is 16.8 Å². The molecule has 0 saturated carbocycles. The highest BCUT2D eigenvalue weighted by atomic mass is 16.4. The van der Waals surface area contributed by atoms with Gasteiger partial charge in [0.2, 0.25) is 0 Å². The van der Waals surface area contributed by atoms with Crippen molar-refractivity contribution in [3.63, 3.8) is 0 Å². The van der Waals surface area contributed by atoms with Crippen LogP contribution in [0.2, 0.25) is 0 Å². The second kappa shape index (κ2) is 5.89. The average molecular weight is 299 g/mol. The zero-order chi connectivity index (χ0) is 16.4. The minimum absolute atomic E-state index is 0.00986. The number of aromatic carboxylic acids is 2. The van der Waals surface area contributed by atoms with Crippen molar-refractivity contribution in [2.24, 2.45) is 0 Å². The number of carbonyl (C=O) groups is 2. The zero-order valence-corrected chi connectivity index (χ0v) is 12.6. The van der Waals surface area contributed by atoms with E-state index in [0.29, 0.717) is 22.4 Å². The summed E-state index contributed by atoms with van der Waals surface area (Å²) in [6, 6.07) is 8.91. The average Bonchev–Trinajstić information content (AvgIpc) is 2.45. The number of carboxylic acid groups (broad SMARTS) is 2. The molecule has 2 aromatic rings. The summed E-state index contributed by atoms with van der Waals surface area (Å²) < 4.78 is 0. The molecule has 0 spiro atoms. The van der Waals surface area contributed by atoms with Crippen molar-refractivity contribution in [2.75, 3.05) is 5.32 Å². The lowest BCUT2D eigenvalue weighted by Crippen LogP contribution is -2.15. The first-order valence-electron chi connectivity index (χ1n) is 6.77. The third-order valence-electron chi connectivity index (χ3n) is 3.85. The Balaban J connectivity index is 2.78. The van der Waals surface area contributed by atoms with Crippen molar-refractivity contribution >= 4 is 23.3 Å². The topological polar surface area (TPSA) is 86.6 Å². The van der Waals surface area contributed by atoms with Gasteiger partial charge in [-0.1, -0.05) is 18.2 Å². The van der Waals surface area contributed by atoms with Crippen molar-refractivity contribution in [3.8, 4) is 0 Å². The van der Waals surface area contributed by atoms with Crippen LogP contribution in [-0.4, -0.2) is 22.2 Å². The maximum atomic E-state index is 11.6. The van der Waals surface area contributed by atoms with Gasteiger partial charge < -0.3 is 15.5 Å². The molecule has 0 aliphatic heterocycles. The number of carboxylic acids is 2. The van der Waals surface area contributed by atoms with Gasteiger partial charge >= 0.3 is 11.9 Å². The summed E-state index contributed by atoms with van der Waals surface area (Å²) in [5.41, 5.74) is 2.53. The molecule has 2 rings (SSSR count). The molecule has 0 amide bonds. The molecule has 0 aliphatic carbocycles. The first-order chi connectivity index (χ1) is 10.3. The van der Waals surface area contributed by atoms with E-state index < -0.39 is 11.9 Å². The molecule has 0 saturated heterocycles. The van der Waals surface area contributed by atoms with E-state index in [1.807, 2.05) is 6.07 Å². The molecule has 0 aromatic heterocycles. The predicted octanol–water partition coefficient (Wildman–Crippen LogP) is 3.75. The van der Waals surface area contributed by atoms with E-state index in [1.165, 1.54) is 0 Å². The number of benzene rings is 2. The first-order valence-corrected chi connectivity index (χ1v) is 6.77. The lowest BCUT2D eigenvalue weighted by atomic mass is 9.91. The fourth-order valence-electron chi connectivity index (χ4n) is 2.48. The number of hydrogen-bond acceptors (Lipinski definition) is 3. The van der Waals surface area contributed by atoms with Crippen LogP contribution in [0.3, 0.4) is 0 Å². The van der Waals surface area contributed by atoms with Gasteiger partial charge in [-0.15, -0.1) is 0 Å². The van der Waals surface area contributed by atoms with Crippen LogP contribution >= 0.6 is 0 Å². The Morgan fingerprint density at radius 3 is 1.68 bits per heavy atom. The monoisotopic (exact) mass is 299 g/mol. The van der Waals surface area contributed by atoms with Crippen molar-refractivity contribution in [3.05, 3.63) is 58.1 Å². The van der Waals surface area contributed by atoms with E-state index in [9.17, 15) is 19.8 Å². The van der Waals surface area contributed by atoms with Crippen LogP contribution in [0, 0.1) is 20.8 Å². The Morgan fingerprint density at radius 1 is 0.818 bits per heavy atom. The lowest BCUT2D eigenvalue weighted by molar-refractivity contribution is 0.0695. The molecule has 5 nitrogen and oxygen atoms in total. The van der Waals surface area contributed by atoms with E-state index in [4.69, 9.17) is 0 Å². The Kier molecular flexibility index (Phi) is 4.17. The summed E-state index contributed by atoms with van der Waals surface area (Å²) in [5.74, 6) is -2.30. The van der Waals surface area contributed by atoms with E-state index >= 15 is 0 Å². The molecule has 0 aliphatic rings. The fraction of sp³-hybridized carbons (Fsp3) is 0.176. The highest BCUT2D eigenvalue weighted by molar-refractivity contribution is 6.06. The number of para-hydroxylation sites is 1. The highest BCUT2D eigenvalue weighted by Gasteiger charge is 2.25. The van der Waals surface area contributed by atoms with Gasteiger partial charge in [-0.2, -0.15) is 0 Å². The number of nitrogens with one attached hydrogen (secondary N) is 1. The minimum Gasteiger partial charge on any atom is -0.478 e. The zero-order valence-electron chi connectivity index (χ0n) is 12.6. The molecule has 5 heteroatoms. The maximum absolute atomic E-state index is 11.6. The van der Waals surface area contributed by atoms with E-state index in [2.05, 4.69) is 5.32 Å². The number of anilines is 2. The summed E-state index contributed by atoms with van der Waals surface area (Å²) in [4.78, 5) is 23.3. The second-order valence-electron chi connectivity index (χ2n) is 5.10. The van der Waals surface area contributed by atoms with Gasteiger partial charge in [0.05, 0.1) is 16.8 Å². The van der Waals surface area contributed by atoms with Crippen LogP contribution in [-0.2, 0) is 0 Å². The van der Waals surface area contributed by atoms with Gasteiger partial charge in [-0.3, -0.25) is 0 Å². The molecule has 3 N–H and O–H groups in total. The molecule has 0 atom stereocenters. The first kappa shape index (κ1) is 15.6. The minimum atomic E-state index is -1.15. The summed E-state index contributed by atoms with van der Waals surface area (Å²) in [6.45, 7) is 5.11. The fourth-order valence-corrected chi connectivity index (χ4v) is 2.48. The predicted molar refractivity (Wildman–Crippen MR) is 84.3 cm³/mol. The van der Waals surface area contributed by atoms with Gasteiger partial charge in [0.15, 0.2) is 0 Å². The Hall–Kier alpha value is -2.82. The summed E-state index contributed by atoms with van der Waals surface area (Å²) in [7, 11) is 0. The summed E-state index contributed by atoms with van der Waals surface area (Å²) >= 11 is 0. The van der Waals surface area contributed by atoms with Crippen LogP contribution in [0.15, 0.2) is 30.3 Å². The molecule has 0 bridgehead atoms. The molecule has 114 valence electrons. The molecule has 0 unspecified atom stereocenters. The van der Waals surface area contributed by atoms with Crippen molar-refractivity contribution in [1.82, 2.24) is 0 Å². The quantitative estimate of drug-likeness (QED) is 0.800. The van der Waals surface area contributed by atoms with E-state index in [1.54, 1.807) is 45.0 Å². The number of rotatable bonds is 4. The van der Waals surface area contributed by atoms with Crippen LogP contribution in [0.25, 0.3) is 0 Å². The van der Waals surface area contributed by atoms with Crippen molar-refractivity contribution in [1.29, 1.82) is 0 Å². The lowest BCUT2D eigenvalue weighted by Gasteiger charge is -2.19. The molecular weight excluding hydrogens is 282 g/mol. The second-order valence-corrected chi connectivity index (χ2v) is 5.10. The molecule has 0 fully saturated rings. The van der Waals surface area contributed by atoms with Gasteiger partial charge in [-0.25, -0.2) is 9.59 Å². The normalized spacial score (nSPS) is 10.3. The molecule has 2 aromatic carbocycles. The SMILES string of the molecule is Cc1c(C)c(C(=O)O)c(Nc2ccccc2)c(C(=O)O)c1C. The molecule has 22 heavy (non-hydrogen) atoms. The van der Waals surface area contributed by atoms with Gasteiger partial charge in [-0.05, 0) is 49.6 Å². The molecular formula is C17H17NO4. The van der Waals surface area contributed by atoms with Crippen LogP contribution < -0.4 is 5.32 Å². The molecule has 0 heterocycles. The summed E-state index contributed by atoms with van der Waals surface area (Å²) in [6.07, 6.45) is 0. The third kappa shape index (κ3) is 2.65. The van der Waals surface area contributed by atoms with Crippen LogP contribution in [0.5, 0.6) is 0 Å². The van der Waals surface area contributed by atoms with Crippen molar-refractivity contribution in [2.45, 2.75) is 20.8 Å². The third-order valence-corrected chi connectivity index (χ3v) is 3.85. The number of hydrogen-bond donors (Lipinski definition) is 3. The van der Waals surface area contributed by atoms with Crippen molar-refractivity contribution < 1.29 is 19.8 Å². The Morgan fingerprint density at radius 2 is 1.27 bits per heavy atom. The van der Waals surface area contributed by atoms with Gasteiger partial charge in [0.1, 0.15) is 0 Å². The largest absolute Gasteiger partial charge is 0.478 e. The van der Waals surface area contributed by atoms with Crippen LogP contribution in [0.1, 0.15) is 37.4 Å². The van der Waals surface area contributed by atoms with Gasteiger partial charge in [0.25, 0.3) is 0 Å². The standard InChI is InChI=1S/C17H17NO4/c1-9-10(2)13(16(19)20)15(14(11(9)3)17(21)22)18-12-7-5-4-6-8-12/h4-8,18H,1-3H3,(H,19,20)(H,21,22). The van der Waals surface area contributed by atoms with Crippen LogP contribution in [0.4, 0.5) is 11.4 Å². The van der Waals surface area contributed by atoms with Gasteiger partial charge in [0, 0.05) is 5.69 Å². The Labute approximate surface area is 128 Å². The highest BCUT2D eigenvalue weighted by Crippen LogP contribution is 2.33. The van der Waals surface area contributed by atoms with E-state index in [0.717, 1.165) is 0 Å². The Bertz CT molecular complexity index is 710. The summed E-state index contributed by atoms with van der Waals surface area (Å²) in [5, 5.41) is 22.0. The molecule has 0 radical (unpaired) electrons.